The van der Waals surface area contributed by atoms with Crippen LogP contribution in [0.5, 0.6) is 0 Å². The first-order chi connectivity index (χ1) is 11.6. The number of hydrogen-bond donors (Lipinski definition) is 1. The zero-order valence-electron chi connectivity index (χ0n) is 13.9. The van der Waals surface area contributed by atoms with Crippen molar-refractivity contribution in [2.24, 2.45) is 0 Å². The van der Waals surface area contributed by atoms with Gasteiger partial charge in [-0.3, -0.25) is 9.69 Å². The minimum atomic E-state index is -0.126. The van der Waals surface area contributed by atoms with E-state index in [1.54, 1.807) is 4.90 Å². The molecule has 1 heterocycles. The Morgan fingerprint density at radius 3 is 2.62 bits per heavy atom. The standard InChI is InChI=1S/C20H22N2O2/c1-15-8-10-17(11-9-15)19(23)12-13-21-20(24)22-14-4-6-16-5-2-3-7-18(16)22/h2-3,5,7-11H,4,6,12-14H2,1H3,(H,21,24). The van der Waals surface area contributed by atoms with Crippen molar-refractivity contribution in [3.05, 3.63) is 65.2 Å². The molecule has 24 heavy (non-hydrogen) atoms. The number of rotatable bonds is 4. The maximum absolute atomic E-state index is 12.4. The van der Waals surface area contributed by atoms with Crippen LogP contribution in [0, 0.1) is 6.92 Å². The summed E-state index contributed by atoms with van der Waals surface area (Å²) in [5.41, 5.74) is 4.00. The number of carbonyl (C=O) groups is 2. The molecule has 1 aliphatic rings. The number of urea groups is 1. The highest BCUT2D eigenvalue weighted by Gasteiger charge is 2.21. The summed E-state index contributed by atoms with van der Waals surface area (Å²) in [5, 5.41) is 2.87. The van der Waals surface area contributed by atoms with Gasteiger partial charge in [-0.05, 0) is 31.4 Å². The number of aryl methyl sites for hydroxylation is 2. The molecule has 3 rings (SSSR count). The fraction of sp³-hybridized carbons (Fsp3) is 0.300. The van der Waals surface area contributed by atoms with Crippen molar-refractivity contribution in [1.82, 2.24) is 5.32 Å². The number of para-hydroxylation sites is 1. The van der Waals surface area contributed by atoms with Gasteiger partial charge in [0.25, 0.3) is 0 Å². The Bertz CT molecular complexity index is 738. The summed E-state index contributed by atoms with van der Waals surface area (Å²) in [6, 6.07) is 15.4. The minimum absolute atomic E-state index is 0.0503. The molecule has 0 saturated carbocycles. The molecule has 4 heteroatoms. The maximum Gasteiger partial charge on any atom is 0.321 e. The van der Waals surface area contributed by atoms with E-state index in [4.69, 9.17) is 0 Å². The Morgan fingerprint density at radius 2 is 1.83 bits per heavy atom. The van der Waals surface area contributed by atoms with Crippen LogP contribution < -0.4 is 10.2 Å². The van der Waals surface area contributed by atoms with Gasteiger partial charge in [0, 0.05) is 30.8 Å². The van der Waals surface area contributed by atoms with Crippen LogP contribution in [0.4, 0.5) is 10.5 Å². The van der Waals surface area contributed by atoms with Gasteiger partial charge in [0.05, 0.1) is 0 Å². The lowest BCUT2D eigenvalue weighted by molar-refractivity contribution is 0.0983. The van der Waals surface area contributed by atoms with E-state index in [-0.39, 0.29) is 11.8 Å². The van der Waals surface area contributed by atoms with Crippen molar-refractivity contribution < 1.29 is 9.59 Å². The topological polar surface area (TPSA) is 49.4 Å². The molecule has 2 aromatic carbocycles. The lowest BCUT2D eigenvalue weighted by Crippen LogP contribution is -2.43. The van der Waals surface area contributed by atoms with Crippen LogP contribution in [0.1, 0.15) is 34.3 Å². The highest BCUT2D eigenvalue weighted by molar-refractivity contribution is 5.97. The van der Waals surface area contributed by atoms with Crippen molar-refractivity contribution in [3.8, 4) is 0 Å². The smallest absolute Gasteiger partial charge is 0.321 e. The number of hydrogen-bond acceptors (Lipinski definition) is 2. The average molecular weight is 322 g/mol. The molecule has 0 unspecified atom stereocenters. The molecule has 1 N–H and O–H groups in total. The minimum Gasteiger partial charge on any atom is -0.337 e. The molecule has 0 spiro atoms. The third-order valence-electron chi connectivity index (χ3n) is 4.36. The third-order valence-corrected chi connectivity index (χ3v) is 4.36. The SMILES string of the molecule is Cc1ccc(C(=O)CCNC(=O)N2CCCc3ccccc32)cc1. The fourth-order valence-electron chi connectivity index (χ4n) is 3.01. The number of Topliss-reactive ketones (excluding diaryl/α,β-unsaturated/α-hetero) is 1. The normalized spacial score (nSPS) is 13.3. The first-order valence-electron chi connectivity index (χ1n) is 8.38. The molecule has 0 fully saturated rings. The van der Waals surface area contributed by atoms with Gasteiger partial charge in [0.2, 0.25) is 0 Å². The van der Waals surface area contributed by atoms with Crippen molar-refractivity contribution in [1.29, 1.82) is 0 Å². The molecule has 0 radical (unpaired) electrons. The number of anilines is 1. The zero-order valence-corrected chi connectivity index (χ0v) is 13.9. The molecule has 0 aromatic heterocycles. The summed E-state index contributed by atoms with van der Waals surface area (Å²) in [4.78, 5) is 26.3. The lowest BCUT2D eigenvalue weighted by Gasteiger charge is -2.29. The van der Waals surface area contributed by atoms with Gasteiger partial charge in [0.1, 0.15) is 0 Å². The summed E-state index contributed by atoms with van der Waals surface area (Å²) < 4.78 is 0. The molecule has 124 valence electrons. The fourth-order valence-corrected chi connectivity index (χ4v) is 3.01. The van der Waals surface area contributed by atoms with Crippen LogP contribution >= 0.6 is 0 Å². The number of ketones is 1. The van der Waals surface area contributed by atoms with Gasteiger partial charge in [-0.1, -0.05) is 48.0 Å². The van der Waals surface area contributed by atoms with Gasteiger partial charge in [0.15, 0.2) is 5.78 Å². The predicted molar refractivity (Wildman–Crippen MR) is 95.6 cm³/mol. The third kappa shape index (κ3) is 3.65. The second kappa shape index (κ2) is 7.30. The van der Waals surface area contributed by atoms with E-state index >= 15 is 0 Å². The van der Waals surface area contributed by atoms with Crippen LogP contribution in [0.2, 0.25) is 0 Å². The van der Waals surface area contributed by atoms with Gasteiger partial charge in [-0.15, -0.1) is 0 Å². The zero-order chi connectivity index (χ0) is 16.9. The number of nitrogens with zero attached hydrogens (tertiary/aromatic N) is 1. The Labute approximate surface area is 142 Å². The van der Waals surface area contributed by atoms with Crippen LogP contribution in [-0.4, -0.2) is 24.9 Å². The van der Waals surface area contributed by atoms with Gasteiger partial charge >= 0.3 is 6.03 Å². The largest absolute Gasteiger partial charge is 0.337 e. The Kier molecular flexibility index (Phi) is 4.94. The Balaban J connectivity index is 1.55. The van der Waals surface area contributed by atoms with Gasteiger partial charge in [-0.25, -0.2) is 4.79 Å². The summed E-state index contributed by atoms with van der Waals surface area (Å²) in [5.74, 6) is 0.0503. The average Bonchev–Trinajstić information content (AvgIpc) is 2.61. The van der Waals surface area contributed by atoms with Crippen LogP contribution in [0.25, 0.3) is 0 Å². The van der Waals surface area contributed by atoms with Crippen LogP contribution in [0.3, 0.4) is 0 Å². The second-order valence-corrected chi connectivity index (χ2v) is 6.16. The van der Waals surface area contributed by atoms with E-state index in [0.29, 0.717) is 18.5 Å². The predicted octanol–water partition coefficient (Wildman–Crippen LogP) is 3.73. The van der Waals surface area contributed by atoms with Crippen molar-refractivity contribution in [2.75, 3.05) is 18.0 Å². The van der Waals surface area contributed by atoms with Crippen LogP contribution in [-0.2, 0) is 6.42 Å². The van der Waals surface area contributed by atoms with Crippen molar-refractivity contribution in [3.63, 3.8) is 0 Å². The van der Waals surface area contributed by atoms with Crippen molar-refractivity contribution >= 4 is 17.5 Å². The molecule has 4 nitrogen and oxygen atoms in total. The maximum atomic E-state index is 12.4. The Hall–Kier alpha value is -2.62. The number of benzene rings is 2. The van der Waals surface area contributed by atoms with E-state index in [0.717, 1.165) is 30.6 Å². The molecular weight excluding hydrogens is 300 g/mol. The Morgan fingerprint density at radius 1 is 1.08 bits per heavy atom. The number of carbonyl (C=O) groups excluding carboxylic acids is 2. The number of fused-ring (bicyclic) bond motifs is 1. The molecule has 0 bridgehead atoms. The van der Waals surface area contributed by atoms with E-state index < -0.39 is 0 Å². The van der Waals surface area contributed by atoms with Crippen LogP contribution in [0.15, 0.2) is 48.5 Å². The van der Waals surface area contributed by atoms with E-state index in [9.17, 15) is 9.59 Å². The molecule has 2 amide bonds. The monoisotopic (exact) mass is 322 g/mol. The first kappa shape index (κ1) is 16.2. The van der Waals surface area contributed by atoms with E-state index in [1.165, 1.54) is 5.56 Å². The molecule has 2 aromatic rings. The summed E-state index contributed by atoms with van der Waals surface area (Å²) >= 11 is 0. The molecule has 0 atom stereocenters. The van der Waals surface area contributed by atoms with Crippen molar-refractivity contribution in [2.45, 2.75) is 26.2 Å². The van der Waals surface area contributed by atoms with Gasteiger partial charge in [-0.2, -0.15) is 0 Å². The molecular formula is C20H22N2O2. The lowest BCUT2D eigenvalue weighted by atomic mass is 10.0. The molecule has 0 saturated heterocycles. The van der Waals surface area contributed by atoms with Gasteiger partial charge < -0.3 is 5.32 Å². The summed E-state index contributed by atoms with van der Waals surface area (Å²) in [6.07, 6.45) is 2.28. The highest BCUT2D eigenvalue weighted by Crippen LogP contribution is 2.26. The first-order valence-corrected chi connectivity index (χ1v) is 8.38. The number of nitrogens with one attached hydrogen (secondary N) is 1. The number of amides is 2. The van der Waals surface area contributed by atoms with E-state index in [1.807, 2.05) is 49.4 Å². The molecule has 0 aliphatic carbocycles. The second-order valence-electron chi connectivity index (χ2n) is 6.16. The highest BCUT2D eigenvalue weighted by atomic mass is 16.2. The summed E-state index contributed by atoms with van der Waals surface area (Å²) in [7, 11) is 0. The summed E-state index contributed by atoms with van der Waals surface area (Å²) in [6.45, 7) is 3.06. The quantitative estimate of drug-likeness (QED) is 0.872. The van der Waals surface area contributed by atoms with E-state index in [2.05, 4.69) is 11.4 Å². The molecule has 1 aliphatic heterocycles.